The van der Waals surface area contributed by atoms with Crippen molar-refractivity contribution in [3.05, 3.63) is 70.8 Å². The van der Waals surface area contributed by atoms with Crippen molar-refractivity contribution in [1.82, 2.24) is 19.6 Å². The summed E-state index contributed by atoms with van der Waals surface area (Å²) in [4.78, 5) is 12.4. The van der Waals surface area contributed by atoms with Gasteiger partial charge in [-0.25, -0.2) is 4.68 Å². The Kier molecular flexibility index (Phi) is 5.16. The first-order valence-electron chi connectivity index (χ1n) is 9.59. The van der Waals surface area contributed by atoms with Crippen molar-refractivity contribution in [2.45, 2.75) is 38.3 Å². The fraction of sp³-hybridized carbons (Fsp3) is 0.381. The zero-order chi connectivity index (χ0) is 18.6. The molecule has 0 saturated heterocycles. The zero-order valence-corrected chi connectivity index (χ0v) is 15.4. The lowest BCUT2D eigenvalue weighted by molar-refractivity contribution is 0.259. The number of benzene rings is 1. The van der Waals surface area contributed by atoms with Crippen molar-refractivity contribution in [3.63, 3.8) is 0 Å². The molecule has 6 heteroatoms. The summed E-state index contributed by atoms with van der Waals surface area (Å²) >= 11 is 0. The molecule has 1 saturated carbocycles. The molecule has 6 nitrogen and oxygen atoms in total. The molecule has 27 heavy (non-hydrogen) atoms. The molecule has 140 valence electrons. The van der Waals surface area contributed by atoms with E-state index in [0.717, 1.165) is 43.5 Å². The van der Waals surface area contributed by atoms with E-state index in [2.05, 4.69) is 22.3 Å². The highest BCUT2D eigenvalue weighted by Gasteiger charge is 2.23. The molecular weight excluding hydrogens is 338 g/mol. The maximum atomic E-state index is 12.4. The minimum absolute atomic E-state index is 0.0355. The van der Waals surface area contributed by atoms with Crippen LogP contribution in [0.25, 0.3) is 11.3 Å². The van der Waals surface area contributed by atoms with E-state index in [1.54, 1.807) is 16.8 Å². The number of hydrogen-bond acceptors (Lipinski definition) is 4. The average molecular weight is 363 g/mol. The quantitative estimate of drug-likeness (QED) is 0.756. The molecule has 0 aliphatic heterocycles. The van der Waals surface area contributed by atoms with Crippen molar-refractivity contribution in [2.24, 2.45) is 11.7 Å². The van der Waals surface area contributed by atoms with E-state index in [1.807, 2.05) is 35.3 Å². The highest BCUT2D eigenvalue weighted by Crippen LogP contribution is 2.30. The Morgan fingerprint density at radius 3 is 2.56 bits per heavy atom. The third-order valence-electron chi connectivity index (χ3n) is 5.44. The first-order valence-corrected chi connectivity index (χ1v) is 9.59. The van der Waals surface area contributed by atoms with E-state index < -0.39 is 0 Å². The highest BCUT2D eigenvalue weighted by atomic mass is 16.1. The minimum atomic E-state index is -0.0355. The van der Waals surface area contributed by atoms with Crippen LogP contribution in [0, 0.1) is 5.92 Å². The summed E-state index contributed by atoms with van der Waals surface area (Å²) in [5, 5.41) is 9.11. The van der Waals surface area contributed by atoms with Crippen molar-refractivity contribution in [1.29, 1.82) is 0 Å². The fourth-order valence-electron chi connectivity index (χ4n) is 3.82. The second kappa shape index (κ2) is 7.88. The van der Waals surface area contributed by atoms with Crippen molar-refractivity contribution in [3.8, 4) is 11.3 Å². The Hall–Kier alpha value is -2.73. The SMILES string of the molecule is NCC1CCC(n2nc(-c3cnn(Cc4ccccc4)c3)ccc2=O)CC1. The maximum absolute atomic E-state index is 12.4. The normalized spacial score (nSPS) is 19.9. The van der Waals surface area contributed by atoms with Gasteiger partial charge < -0.3 is 5.73 Å². The highest BCUT2D eigenvalue weighted by molar-refractivity contribution is 5.55. The van der Waals surface area contributed by atoms with E-state index in [4.69, 9.17) is 5.73 Å². The lowest BCUT2D eigenvalue weighted by Gasteiger charge is -2.28. The van der Waals surface area contributed by atoms with Crippen molar-refractivity contribution in [2.75, 3.05) is 6.54 Å². The largest absolute Gasteiger partial charge is 0.330 e. The van der Waals surface area contributed by atoms with Crippen LogP contribution >= 0.6 is 0 Å². The van der Waals surface area contributed by atoms with E-state index in [-0.39, 0.29) is 11.6 Å². The number of rotatable bonds is 5. The Balaban J connectivity index is 1.54. The second-order valence-corrected chi connectivity index (χ2v) is 7.32. The van der Waals surface area contributed by atoms with Gasteiger partial charge in [0.05, 0.1) is 24.5 Å². The summed E-state index contributed by atoms with van der Waals surface area (Å²) in [6.07, 6.45) is 7.85. The topological polar surface area (TPSA) is 78.7 Å². The smallest absolute Gasteiger partial charge is 0.267 e. The van der Waals surface area contributed by atoms with Crippen LogP contribution < -0.4 is 11.3 Å². The monoisotopic (exact) mass is 363 g/mol. The molecule has 2 N–H and O–H groups in total. The molecule has 0 bridgehead atoms. The Labute approximate surface area is 158 Å². The molecule has 3 aromatic rings. The van der Waals surface area contributed by atoms with Crippen LogP contribution in [0.5, 0.6) is 0 Å². The summed E-state index contributed by atoms with van der Waals surface area (Å²) < 4.78 is 3.56. The third-order valence-corrected chi connectivity index (χ3v) is 5.44. The van der Waals surface area contributed by atoms with E-state index >= 15 is 0 Å². The molecule has 1 aliphatic rings. The zero-order valence-electron chi connectivity index (χ0n) is 15.4. The van der Waals surface area contributed by atoms with Crippen LogP contribution in [-0.2, 0) is 6.54 Å². The van der Waals surface area contributed by atoms with Crippen molar-refractivity contribution < 1.29 is 0 Å². The first-order chi connectivity index (χ1) is 13.2. The van der Waals surface area contributed by atoms with Crippen LogP contribution in [0.2, 0.25) is 0 Å². The van der Waals surface area contributed by atoms with Gasteiger partial charge in [-0.1, -0.05) is 30.3 Å². The van der Waals surface area contributed by atoms with Gasteiger partial charge in [-0.2, -0.15) is 10.2 Å². The van der Waals surface area contributed by atoms with E-state index in [9.17, 15) is 4.79 Å². The molecule has 4 rings (SSSR count). The van der Waals surface area contributed by atoms with Gasteiger partial charge in [0.2, 0.25) is 0 Å². The number of nitrogens with two attached hydrogens (primary N) is 1. The second-order valence-electron chi connectivity index (χ2n) is 7.32. The Bertz CT molecular complexity index is 938. The first kappa shape index (κ1) is 17.7. The molecule has 2 aromatic heterocycles. The molecule has 0 atom stereocenters. The molecule has 2 heterocycles. The standard InChI is InChI=1S/C21H25N5O/c22-12-16-6-8-19(9-7-16)26-21(27)11-10-20(24-26)18-13-23-25(15-18)14-17-4-2-1-3-5-17/h1-5,10-11,13,15-16,19H,6-9,12,14,22H2. The summed E-state index contributed by atoms with van der Waals surface area (Å²) in [7, 11) is 0. The third kappa shape index (κ3) is 4.01. The van der Waals surface area contributed by atoms with Crippen LogP contribution in [0.1, 0.15) is 37.3 Å². The molecule has 0 unspecified atom stereocenters. The van der Waals surface area contributed by atoms with Crippen LogP contribution in [0.4, 0.5) is 0 Å². The predicted octanol–water partition coefficient (Wildman–Crippen LogP) is 2.85. The number of aromatic nitrogens is 4. The van der Waals surface area contributed by atoms with E-state index in [1.165, 1.54) is 5.56 Å². The molecule has 1 aliphatic carbocycles. The van der Waals surface area contributed by atoms with Gasteiger partial charge >= 0.3 is 0 Å². The lowest BCUT2D eigenvalue weighted by Crippen LogP contribution is -2.31. The van der Waals surface area contributed by atoms with Crippen molar-refractivity contribution >= 4 is 0 Å². The molecule has 0 amide bonds. The minimum Gasteiger partial charge on any atom is -0.330 e. The Morgan fingerprint density at radius 1 is 1.04 bits per heavy atom. The van der Waals surface area contributed by atoms with Crippen LogP contribution in [0.3, 0.4) is 0 Å². The average Bonchev–Trinajstić information content (AvgIpc) is 3.18. The van der Waals surface area contributed by atoms with Gasteiger partial charge in [0, 0.05) is 17.8 Å². The van der Waals surface area contributed by atoms with Crippen LogP contribution in [0.15, 0.2) is 59.7 Å². The maximum Gasteiger partial charge on any atom is 0.267 e. The fourth-order valence-corrected chi connectivity index (χ4v) is 3.82. The molecule has 1 fully saturated rings. The van der Waals surface area contributed by atoms with Gasteiger partial charge in [0.25, 0.3) is 5.56 Å². The summed E-state index contributed by atoms with van der Waals surface area (Å²) in [6, 6.07) is 13.8. The molecular formula is C21H25N5O. The van der Waals surface area contributed by atoms with Gasteiger partial charge in [0.1, 0.15) is 0 Å². The van der Waals surface area contributed by atoms with Crippen LogP contribution in [-0.4, -0.2) is 26.1 Å². The molecule has 1 aromatic carbocycles. The van der Waals surface area contributed by atoms with Gasteiger partial charge in [-0.05, 0) is 49.8 Å². The lowest BCUT2D eigenvalue weighted by atomic mass is 9.86. The molecule has 0 radical (unpaired) electrons. The predicted molar refractivity (Wildman–Crippen MR) is 105 cm³/mol. The summed E-state index contributed by atoms with van der Waals surface area (Å²) in [5.41, 5.74) is 8.66. The summed E-state index contributed by atoms with van der Waals surface area (Å²) in [5.74, 6) is 0.580. The van der Waals surface area contributed by atoms with E-state index in [0.29, 0.717) is 12.5 Å². The number of hydrogen-bond donors (Lipinski definition) is 1. The van der Waals surface area contributed by atoms with Gasteiger partial charge in [-0.15, -0.1) is 0 Å². The summed E-state index contributed by atoms with van der Waals surface area (Å²) in [6.45, 7) is 1.44. The van der Waals surface area contributed by atoms with Gasteiger partial charge in [-0.3, -0.25) is 9.48 Å². The molecule has 0 spiro atoms. The number of nitrogens with zero attached hydrogens (tertiary/aromatic N) is 4. The Morgan fingerprint density at radius 2 is 1.81 bits per heavy atom. The van der Waals surface area contributed by atoms with Gasteiger partial charge in [0.15, 0.2) is 0 Å².